The molecule has 5 nitrogen and oxygen atoms in total. The first-order valence-electron chi connectivity index (χ1n) is 5.11. The molecule has 17 heavy (non-hydrogen) atoms. The molecule has 0 spiro atoms. The zero-order valence-corrected chi connectivity index (χ0v) is 8.81. The van der Waals surface area contributed by atoms with Crippen molar-refractivity contribution in [3.05, 3.63) is 53.6 Å². The number of nitrogens with zero attached hydrogens (tertiary/aromatic N) is 1. The average molecular weight is 227 g/mol. The van der Waals surface area contributed by atoms with Gasteiger partial charge in [-0.1, -0.05) is 30.3 Å². The van der Waals surface area contributed by atoms with Gasteiger partial charge in [-0.25, -0.2) is 10.5 Å². The summed E-state index contributed by atoms with van der Waals surface area (Å²) in [5, 5.41) is 2.67. The van der Waals surface area contributed by atoms with E-state index < -0.39 is 0 Å². The van der Waals surface area contributed by atoms with Gasteiger partial charge in [-0.05, 0) is 0 Å². The molecule has 0 saturated heterocycles. The lowest BCUT2D eigenvalue weighted by atomic mass is 10.1. The molecule has 1 amide bonds. The Balaban J connectivity index is 2.15. The number of hydrogen-bond acceptors (Lipinski definition) is 4. The number of carbonyl (C=O) groups is 1. The molecule has 0 radical (unpaired) electrons. The van der Waals surface area contributed by atoms with Crippen LogP contribution in [0.15, 0.2) is 53.0 Å². The van der Waals surface area contributed by atoms with Crippen LogP contribution in [0.2, 0.25) is 0 Å². The number of hydrogen-bond donors (Lipinski definition) is 2. The Morgan fingerprint density at radius 3 is 2.82 bits per heavy atom. The number of fused-ring (bicyclic) bond motifs is 1. The highest BCUT2D eigenvalue weighted by atomic mass is 16.6. The smallest absolute Gasteiger partial charge is 0.266 e. The van der Waals surface area contributed by atoms with E-state index in [0.717, 1.165) is 5.56 Å². The quantitative estimate of drug-likeness (QED) is 0.750. The second-order valence-electron chi connectivity index (χ2n) is 3.59. The minimum absolute atomic E-state index is 0.271. The molecule has 2 aliphatic rings. The van der Waals surface area contributed by atoms with Gasteiger partial charge in [0, 0.05) is 5.56 Å². The van der Waals surface area contributed by atoms with Crippen LogP contribution in [0.25, 0.3) is 5.70 Å². The number of amides is 1. The van der Waals surface area contributed by atoms with E-state index in [1.165, 1.54) is 12.5 Å². The van der Waals surface area contributed by atoms with Crippen LogP contribution in [0.1, 0.15) is 5.56 Å². The van der Waals surface area contributed by atoms with Crippen molar-refractivity contribution in [3.8, 4) is 0 Å². The highest BCUT2D eigenvalue weighted by Gasteiger charge is 2.22. The standard InChI is InChI=1S/C12H9N3O2/c16-10-6-13-11(8-4-2-1-3-5-8)12-9(14-10)7-17-15-12/h1-7,15H,(H,14,16). The predicted molar refractivity (Wildman–Crippen MR) is 62.3 cm³/mol. The Morgan fingerprint density at radius 2 is 2.00 bits per heavy atom. The van der Waals surface area contributed by atoms with Crippen LogP contribution >= 0.6 is 0 Å². The molecule has 2 N–H and O–H groups in total. The Morgan fingerprint density at radius 1 is 1.18 bits per heavy atom. The predicted octanol–water partition coefficient (Wildman–Crippen LogP) is 0.932. The lowest BCUT2D eigenvalue weighted by Crippen LogP contribution is -2.23. The lowest BCUT2D eigenvalue weighted by molar-refractivity contribution is -0.113. The molecule has 0 bridgehead atoms. The van der Waals surface area contributed by atoms with Crippen molar-refractivity contribution in [3.63, 3.8) is 0 Å². The zero-order chi connectivity index (χ0) is 11.7. The minimum Gasteiger partial charge on any atom is -0.388 e. The third-order valence-electron chi connectivity index (χ3n) is 2.46. The molecule has 2 heterocycles. The number of carbonyl (C=O) groups excluding carboxylic acids is 1. The summed E-state index contributed by atoms with van der Waals surface area (Å²) in [5.74, 6) is -0.271. The second kappa shape index (κ2) is 3.79. The maximum absolute atomic E-state index is 11.4. The molecule has 0 unspecified atom stereocenters. The van der Waals surface area contributed by atoms with Crippen molar-refractivity contribution in [1.82, 2.24) is 10.8 Å². The lowest BCUT2D eigenvalue weighted by Gasteiger charge is -2.06. The van der Waals surface area contributed by atoms with Gasteiger partial charge in [0.05, 0.1) is 11.9 Å². The van der Waals surface area contributed by atoms with Gasteiger partial charge >= 0.3 is 0 Å². The van der Waals surface area contributed by atoms with Crippen LogP contribution in [0.3, 0.4) is 0 Å². The molecule has 0 aliphatic carbocycles. The Hall–Kier alpha value is -2.56. The first kappa shape index (κ1) is 9.65. The minimum atomic E-state index is -0.271. The highest BCUT2D eigenvalue weighted by Crippen LogP contribution is 2.25. The van der Waals surface area contributed by atoms with Gasteiger partial charge in [0.1, 0.15) is 17.7 Å². The van der Waals surface area contributed by atoms with Gasteiger partial charge in [-0.2, -0.15) is 0 Å². The van der Waals surface area contributed by atoms with Crippen molar-refractivity contribution >= 4 is 17.8 Å². The van der Waals surface area contributed by atoms with E-state index >= 15 is 0 Å². The van der Waals surface area contributed by atoms with Gasteiger partial charge in [-0.3, -0.25) is 4.79 Å². The van der Waals surface area contributed by atoms with Gasteiger partial charge in [0.15, 0.2) is 0 Å². The van der Waals surface area contributed by atoms with Gasteiger partial charge < -0.3 is 10.2 Å². The summed E-state index contributed by atoms with van der Waals surface area (Å²) in [5.41, 5.74) is 5.57. The largest absolute Gasteiger partial charge is 0.388 e. The number of rotatable bonds is 1. The SMILES string of the molecule is O=C1C=NC(c2ccccc2)=C2NOC=C2N1. The van der Waals surface area contributed by atoms with Crippen LogP contribution in [0, 0.1) is 0 Å². The summed E-state index contributed by atoms with van der Waals surface area (Å²) in [6, 6.07) is 9.60. The molecule has 3 rings (SSSR count). The summed E-state index contributed by atoms with van der Waals surface area (Å²) in [6.45, 7) is 0. The summed E-state index contributed by atoms with van der Waals surface area (Å²) < 4.78 is 0. The van der Waals surface area contributed by atoms with Crippen molar-refractivity contribution < 1.29 is 9.63 Å². The maximum Gasteiger partial charge on any atom is 0.266 e. The summed E-state index contributed by atoms with van der Waals surface area (Å²) in [6.07, 6.45) is 2.71. The molecular formula is C12H9N3O2. The van der Waals surface area contributed by atoms with E-state index in [1.54, 1.807) is 0 Å². The molecule has 84 valence electrons. The zero-order valence-electron chi connectivity index (χ0n) is 8.81. The molecule has 1 aromatic carbocycles. The van der Waals surface area contributed by atoms with Crippen LogP contribution in [-0.2, 0) is 9.63 Å². The highest BCUT2D eigenvalue weighted by molar-refractivity contribution is 6.28. The molecule has 1 aromatic rings. The number of hydroxylamine groups is 1. The summed E-state index contributed by atoms with van der Waals surface area (Å²) in [4.78, 5) is 20.6. The van der Waals surface area contributed by atoms with Crippen LogP contribution in [-0.4, -0.2) is 12.1 Å². The molecule has 2 aliphatic heterocycles. The van der Waals surface area contributed by atoms with E-state index in [9.17, 15) is 4.79 Å². The van der Waals surface area contributed by atoms with Crippen molar-refractivity contribution in [1.29, 1.82) is 0 Å². The van der Waals surface area contributed by atoms with Crippen molar-refractivity contribution in [2.75, 3.05) is 0 Å². The summed E-state index contributed by atoms with van der Waals surface area (Å²) in [7, 11) is 0. The van der Waals surface area contributed by atoms with E-state index in [2.05, 4.69) is 15.8 Å². The number of aliphatic imine (C=N–C) groups is 1. The molecule has 0 atom stereocenters. The third-order valence-corrected chi connectivity index (χ3v) is 2.46. The number of nitrogens with one attached hydrogen (secondary N) is 2. The Labute approximate surface area is 97.5 Å². The van der Waals surface area contributed by atoms with Crippen molar-refractivity contribution in [2.45, 2.75) is 0 Å². The average Bonchev–Trinajstić information content (AvgIpc) is 2.73. The second-order valence-corrected chi connectivity index (χ2v) is 3.59. The first-order chi connectivity index (χ1) is 8.34. The molecule has 0 saturated carbocycles. The number of benzene rings is 1. The Bertz CT molecular complexity index is 558. The fourth-order valence-corrected chi connectivity index (χ4v) is 1.70. The molecule has 5 heteroatoms. The van der Waals surface area contributed by atoms with E-state index in [1.807, 2.05) is 30.3 Å². The van der Waals surface area contributed by atoms with Gasteiger partial charge in [-0.15, -0.1) is 0 Å². The van der Waals surface area contributed by atoms with Crippen LogP contribution in [0.4, 0.5) is 0 Å². The van der Waals surface area contributed by atoms with Crippen molar-refractivity contribution in [2.24, 2.45) is 4.99 Å². The van der Waals surface area contributed by atoms with Gasteiger partial charge in [0.25, 0.3) is 5.91 Å². The van der Waals surface area contributed by atoms with E-state index in [0.29, 0.717) is 17.1 Å². The van der Waals surface area contributed by atoms with Gasteiger partial charge in [0.2, 0.25) is 0 Å². The molecule has 0 fully saturated rings. The monoisotopic (exact) mass is 227 g/mol. The van der Waals surface area contributed by atoms with Crippen LogP contribution < -0.4 is 10.8 Å². The third kappa shape index (κ3) is 1.67. The first-order valence-corrected chi connectivity index (χ1v) is 5.11. The topological polar surface area (TPSA) is 62.7 Å². The van der Waals surface area contributed by atoms with Crippen LogP contribution in [0.5, 0.6) is 0 Å². The fraction of sp³-hybridized carbons (Fsp3) is 0. The fourth-order valence-electron chi connectivity index (χ4n) is 1.70. The maximum atomic E-state index is 11.4. The van der Waals surface area contributed by atoms with E-state index in [-0.39, 0.29) is 5.91 Å². The molecular weight excluding hydrogens is 218 g/mol. The van der Waals surface area contributed by atoms with E-state index in [4.69, 9.17) is 4.84 Å². The molecule has 0 aromatic heterocycles. The Kier molecular flexibility index (Phi) is 2.15. The summed E-state index contributed by atoms with van der Waals surface area (Å²) >= 11 is 0. The normalized spacial score (nSPS) is 17.6.